The Hall–Kier alpha value is -0.410. The van der Waals surface area contributed by atoms with Gasteiger partial charge in [0.25, 0.3) is 0 Å². The number of hydrogen-bond donors (Lipinski definition) is 0. The summed E-state index contributed by atoms with van der Waals surface area (Å²) in [7, 11) is 0. The number of hydrogen-bond acceptors (Lipinski definition) is 3. The highest BCUT2D eigenvalue weighted by atomic mass is 16.5. The second kappa shape index (κ2) is 5.47. The quantitative estimate of drug-likeness (QED) is 0.689. The van der Waals surface area contributed by atoms with Gasteiger partial charge in [0.2, 0.25) is 0 Å². The number of carbonyl (C=O) groups is 1. The van der Waals surface area contributed by atoms with E-state index in [1.165, 1.54) is 0 Å². The van der Waals surface area contributed by atoms with Crippen LogP contribution in [0.4, 0.5) is 0 Å². The van der Waals surface area contributed by atoms with Crippen LogP contribution in [-0.4, -0.2) is 42.5 Å². The summed E-state index contributed by atoms with van der Waals surface area (Å²) in [5.74, 6) is 0.332. The van der Waals surface area contributed by atoms with Gasteiger partial charge in [0, 0.05) is 25.6 Å². The van der Waals surface area contributed by atoms with Gasteiger partial charge in [-0.05, 0) is 20.3 Å². The van der Waals surface area contributed by atoms with Crippen molar-refractivity contribution in [3.63, 3.8) is 0 Å². The third-order valence-electron chi connectivity index (χ3n) is 2.94. The number of rotatable bonds is 3. The Balaban J connectivity index is 2.58. The molecule has 3 heteroatoms. The van der Waals surface area contributed by atoms with Crippen LogP contribution in [0.1, 0.15) is 33.6 Å². The van der Waals surface area contributed by atoms with Gasteiger partial charge in [0.05, 0.1) is 12.6 Å². The zero-order valence-electron chi connectivity index (χ0n) is 9.45. The SMILES string of the molecule is CCC(=O)C(C)N1CCCOCC1C. The topological polar surface area (TPSA) is 29.5 Å². The number of nitrogens with zero attached hydrogens (tertiary/aromatic N) is 1. The van der Waals surface area contributed by atoms with Crippen molar-refractivity contribution in [2.24, 2.45) is 0 Å². The van der Waals surface area contributed by atoms with E-state index in [1.54, 1.807) is 0 Å². The van der Waals surface area contributed by atoms with E-state index in [0.29, 0.717) is 18.2 Å². The molecule has 0 bridgehead atoms. The van der Waals surface area contributed by atoms with Crippen LogP contribution in [0.15, 0.2) is 0 Å². The van der Waals surface area contributed by atoms with E-state index in [9.17, 15) is 4.79 Å². The van der Waals surface area contributed by atoms with Gasteiger partial charge < -0.3 is 4.74 Å². The number of Topliss-reactive ketones (excluding diaryl/α,β-unsaturated/α-hetero) is 1. The molecule has 1 heterocycles. The van der Waals surface area contributed by atoms with E-state index in [2.05, 4.69) is 11.8 Å². The summed E-state index contributed by atoms with van der Waals surface area (Å²) >= 11 is 0. The fourth-order valence-corrected chi connectivity index (χ4v) is 1.97. The highest BCUT2D eigenvalue weighted by molar-refractivity contribution is 5.83. The van der Waals surface area contributed by atoms with Crippen molar-refractivity contribution < 1.29 is 9.53 Å². The van der Waals surface area contributed by atoms with E-state index < -0.39 is 0 Å². The predicted octanol–water partition coefficient (Wildman–Crippen LogP) is 1.46. The first kappa shape index (κ1) is 11.7. The standard InChI is InChI=1S/C11H21NO2/c1-4-11(13)10(3)12-6-5-7-14-8-9(12)2/h9-10H,4-8H2,1-3H3. The normalized spacial score (nSPS) is 26.9. The summed E-state index contributed by atoms with van der Waals surface area (Å²) in [5.41, 5.74) is 0. The molecular weight excluding hydrogens is 178 g/mol. The molecule has 0 aromatic heterocycles. The Morgan fingerprint density at radius 1 is 1.64 bits per heavy atom. The van der Waals surface area contributed by atoms with Crippen molar-refractivity contribution in [1.29, 1.82) is 0 Å². The molecule has 2 unspecified atom stereocenters. The minimum atomic E-state index is 0.0525. The summed E-state index contributed by atoms with van der Waals surface area (Å²) in [6.45, 7) is 8.62. The second-order valence-corrected chi connectivity index (χ2v) is 4.01. The van der Waals surface area contributed by atoms with Gasteiger partial charge in [-0.25, -0.2) is 0 Å². The summed E-state index contributed by atoms with van der Waals surface area (Å²) in [4.78, 5) is 13.8. The Bertz CT molecular complexity index is 194. The predicted molar refractivity (Wildman–Crippen MR) is 56.4 cm³/mol. The van der Waals surface area contributed by atoms with Gasteiger partial charge in [-0.3, -0.25) is 9.69 Å². The van der Waals surface area contributed by atoms with Gasteiger partial charge in [-0.2, -0.15) is 0 Å². The first-order valence-electron chi connectivity index (χ1n) is 5.53. The molecule has 1 aliphatic heterocycles. The van der Waals surface area contributed by atoms with Crippen LogP contribution in [0.2, 0.25) is 0 Å². The lowest BCUT2D eigenvalue weighted by molar-refractivity contribution is -0.124. The monoisotopic (exact) mass is 199 g/mol. The maximum Gasteiger partial charge on any atom is 0.149 e. The van der Waals surface area contributed by atoms with Crippen LogP contribution in [0.3, 0.4) is 0 Å². The van der Waals surface area contributed by atoms with Crippen LogP contribution >= 0.6 is 0 Å². The lowest BCUT2D eigenvalue weighted by Gasteiger charge is -2.31. The van der Waals surface area contributed by atoms with Gasteiger partial charge >= 0.3 is 0 Å². The zero-order chi connectivity index (χ0) is 10.6. The Kier molecular flexibility index (Phi) is 4.55. The highest BCUT2D eigenvalue weighted by Gasteiger charge is 2.25. The molecular formula is C11H21NO2. The third-order valence-corrected chi connectivity index (χ3v) is 2.94. The van der Waals surface area contributed by atoms with Gasteiger partial charge in [-0.1, -0.05) is 6.92 Å². The molecule has 2 atom stereocenters. The lowest BCUT2D eigenvalue weighted by Crippen LogP contribution is -2.45. The molecule has 14 heavy (non-hydrogen) atoms. The van der Waals surface area contributed by atoms with Gasteiger partial charge in [0.1, 0.15) is 5.78 Å². The summed E-state index contributed by atoms with van der Waals surface area (Å²) < 4.78 is 5.45. The molecule has 1 aliphatic rings. The van der Waals surface area contributed by atoms with Crippen LogP contribution in [0.5, 0.6) is 0 Å². The maximum absolute atomic E-state index is 11.6. The van der Waals surface area contributed by atoms with Gasteiger partial charge in [-0.15, -0.1) is 0 Å². The smallest absolute Gasteiger partial charge is 0.149 e. The molecule has 1 saturated heterocycles. The average Bonchev–Trinajstić information content (AvgIpc) is 2.40. The second-order valence-electron chi connectivity index (χ2n) is 4.01. The zero-order valence-corrected chi connectivity index (χ0v) is 9.45. The van der Waals surface area contributed by atoms with Gasteiger partial charge in [0.15, 0.2) is 0 Å². The summed E-state index contributed by atoms with van der Waals surface area (Å²) in [6, 6.07) is 0.416. The van der Waals surface area contributed by atoms with Crippen molar-refractivity contribution in [3.8, 4) is 0 Å². The molecule has 0 aromatic carbocycles. The van der Waals surface area contributed by atoms with E-state index >= 15 is 0 Å². The summed E-state index contributed by atoms with van der Waals surface area (Å²) in [6.07, 6.45) is 1.66. The molecule has 0 N–H and O–H groups in total. The minimum absolute atomic E-state index is 0.0525. The highest BCUT2D eigenvalue weighted by Crippen LogP contribution is 2.12. The van der Waals surface area contributed by atoms with Crippen molar-refractivity contribution in [2.45, 2.75) is 45.7 Å². The van der Waals surface area contributed by atoms with E-state index in [0.717, 1.165) is 26.2 Å². The Labute approximate surface area is 86.4 Å². The summed E-state index contributed by atoms with van der Waals surface area (Å²) in [5, 5.41) is 0. The van der Waals surface area contributed by atoms with Crippen molar-refractivity contribution in [3.05, 3.63) is 0 Å². The van der Waals surface area contributed by atoms with Crippen molar-refractivity contribution in [2.75, 3.05) is 19.8 Å². The first-order chi connectivity index (χ1) is 6.66. The Morgan fingerprint density at radius 3 is 3.00 bits per heavy atom. The molecule has 3 nitrogen and oxygen atoms in total. The number of carbonyl (C=O) groups excluding carboxylic acids is 1. The fraction of sp³-hybridized carbons (Fsp3) is 0.909. The molecule has 0 radical (unpaired) electrons. The maximum atomic E-state index is 11.6. The van der Waals surface area contributed by atoms with Crippen LogP contribution in [-0.2, 0) is 9.53 Å². The van der Waals surface area contributed by atoms with Crippen LogP contribution < -0.4 is 0 Å². The molecule has 1 rings (SSSR count). The largest absolute Gasteiger partial charge is 0.380 e. The minimum Gasteiger partial charge on any atom is -0.380 e. The molecule has 0 aromatic rings. The molecule has 82 valence electrons. The van der Waals surface area contributed by atoms with Crippen molar-refractivity contribution in [1.82, 2.24) is 4.90 Å². The average molecular weight is 199 g/mol. The molecule has 0 amide bonds. The lowest BCUT2D eigenvalue weighted by atomic mass is 10.1. The Morgan fingerprint density at radius 2 is 2.36 bits per heavy atom. The molecule has 0 aliphatic carbocycles. The molecule has 1 fully saturated rings. The number of ketones is 1. The fourth-order valence-electron chi connectivity index (χ4n) is 1.97. The van der Waals surface area contributed by atoms with E-state index in [4.69, 9.17) is 4.74 Å². The van der Waals surface area contributed by atoms with Crippen LogP contribution in [0, 0.1) is 0 Å². The third kappa shape index (κ3) is 2.79. The molecule has 0 saturated carbocycles. The van der Waals surface area contributed by atoms with E-state index in [-0.39, 0.29) is 6.04 Å². The van der Waals surface area contributed by atoms with E-state index in [1.807, 2.05) is 13.8 Å². The molecule has 0 spiro atoms. The van der Waals surface area contributed by atoms with Crippen molar-refractivity contribution >= 4 is 5.78 Å². The van der Waals surface area contributed by atoms with Crippen LogP contribution in [0.25, 0.3) is 0 Å². The first-order valence-corrected chi connectivity index (χ1v) is 5.53. The number of ether oxygens (including phenoxy) is 1.